The number of likely N-dealkylation sites (N-methyl/N-ethyl adjacent to an activating group) is 1. The smallest absolute Gasteiger partial charge is 0.418 e. The molecule has 1 aliphatic heterocycles. The highest BCUT2D eigenvalue weighted by Crippen LogP contribution is 2.18. The molecule has 1 nitrogen and oxygen atoms in total. The Balaban J connectivity index is 0.000000292. The number of hydrogen-bond donors (Lipinski definition) is 0. The molecule has 1 rings (SSSR count). The molecule has 0 radical (unpaired) electrons. The van der Waals surface area contributed by atoms with Gasteiger partial charge < -0.3 is 17.3 Å². The van der Waals surface area contributed by atoms with Gasteiger partial charge >= 0.3 is 7.25 Å². The van der Waals surface area contributed by atoms with E-state index >= 15 is 0 Å². The highest BCUT2D eigenvalue weighted by Gasteiger charge is 2.20. The standard InChI is InChI=1S/C7H11BrN.BF4/c1-2-9(8)6-4-3-5-7-9;2-1(3,4)5/h3-6H,2,7H2,1H3;/q+1;-1. The zero-order valence-electron chi connectivity index (χ0n) is 7.64. The molecule has 1 heterocycles. The summed E-state index contributed by atoms with van der Waals surface area (Å²) in [7, 11) is -6.00. The van der Waals surface area contributed by atoms with Crippen molar-refractivity contribution in [1.82, 2.24) is 0 Å². The summed E-state index contributed by atoms with van der Waals surface area (Å²) in [4.78, 5) is 0. The van der Waals surface area contributed by atoms with Gasteiger partial charge in [0.2, 0.25) is 16.1 Å². The Hall–Kier alpha value is -0.295. The van der Waals surface area contributed by atoms with E-state index in [1.54, 1.807) is 0 Å². The first kappa shape index (κ1) is 13.7. The Labute approximate surface area is 89.1 Å². The van der Waals surface area contributed by atoms with Crippen molar-refractivity contribution in [2.75, 3.05) is 13.1 Å². The second-order valence-corrected chi connectivity index (χ2v) is 4.10. The van der Waals surface area contributed by atoms with Crippen molar-refractivity contribution in [2.24, 2.45) is 0 Å². The van der Waals surface area contributed by atoms with E-state index in [2.05, 4.69) is 47.5 Å². The van der Waals surface area contributed by atoms with Gasteiger partial charge in [-0.2, -0.15) is 0 Å². The lowest BCUT2D eigenvalue weighted by atomic mass is 10.3. The maximum atomic E-state index is 9.75. The van der Waals surface area contributed by atoms with Crippen LogP contribution in [-0.4, -0.2) is 23.9 Å². The predicted molar refractivity (Wildman–Crippen MR) is 53.1 cm³/mol. The van der Waals surface area contributed by atoms with E-state index in [1.165, 1.54) is 0 Å². The molecular weight excluding hydrogens is 265 g/mol. The Morgan fingerprint density at radius 3 is 2.00 bits per heavy atom. The lowest BCUT2D eigenvalue weighted by Gasteiger charge is -2.24. The minimum absolute atomic E-state index is 0.865. The number of halogens is 5. The lowest BCUT2D eigenvalue weighted by molar-refractivity contribution is -0.714. The van der Waals surface area contributed by atoms with Crippen LogP contribution in [0.2, 0.25) is 0 Å². The van der Waals surface area contributed by atoms with Crippen LogP contribution in [0.3, 0.4) is 0 Å². The van der Waals surface area contributed by atoms with Gasteiger partial charge in [-0.1, -0.05) is 6.08 Å². The third-order valence-electron chi connectivity index (χ3n) is 1.54. The fraction of sp³-hybridized carbons (Fsp3) is 0.429. The molecule has 1 aliphatic rings. The average Bonchev–Trinajstić information content (AvgIpc) is 2.03. The molecule has 0 amide bonds. The summed E-state index contributed by atoms with van der Waals surface area (Å²) >= 11 is 3.59. The number of rotatable bonds is 1. The third kappa shape index (κ3) is 8.31. The van der Waals surface area contributed by atoms with E-state index in [9.17, 15) is 17.3 Å². The predicted octanol–water partition coefficient (Wildman–Crippen LogP) is 3.52. The molecule has 1 unspecified atom stereocenters. The molecule has 0 fully saturated rings. The molecule has 0 aromatic heterocycles. The van der Waals surface area contributed by atoms with Crippen molar-refractivity contribution in [3.63, 3.8) is 0 Å². The molecule has 0 bridgehead atoms. The maximum absolute atomic E-state index is 9.75. The Morgan fingerprint density at radius 1 is 1.29 bits per heavy atom. The highest BCUT2D eigenvalue weighted by molar-refractivity contribution is 9.05. The van der Waals surface area contributed by atoms with Crippen LogP contribution in [0.1, 0.15) is 6.92 Å². The Kier molecular flexibility index (Phi) is 5.44. The molecule has 0 aromatic rings. The topological polar surface area (TPSA) is 0 Å². The fourth-order valence-electron chi connectivity index (χ4n) is 0.814. The number of quaternary nitrogens is 1. The zero-order valence-corrected chi connectivity index (χ0v) is 9.22. The fourth-order valence-corrected chi connectivity index (χ4v) is 1.12. The van der Waals surface area contributed by atoms with Crippen LogP contribution in [-0.2, 0) is 0 Å². The van der Waals surface area contributed by atoms with E-state index in [1.807, 2.05) is 0 Å². The third-order valence-corrected chi connectivity index (χ3v) is 2.56. The Morgan fingerprint density at radius 2 is 1.79 bits per heavy atom. The minimum atomic E-state index is -6.00. The molecule has 0 aliphatic carbocycles. The summed E-state index contributed by atoms with van der Waals surface area (Å²) in [5.41, 5.74) is 0. The van der Waals surface area contributed by atoms with E-state index in [4.69, 9.17) is 0 Å². The SMILES string of the molecule is CC[N+]1(Br)C=CC=CC1.F[B-](F)(F)F. The average molecular weight is 276 g/mol. The van der Waals surface area contributed by atoms with Gasteiger partial charge in [0.25, 0.3) is 0 Å². The lowest BCUT2D eigenvalue weighted by Crippen LogP contribution is -2.32. The van der Waals surface area contributed by atoms with E-state index in [-0.39, 0.29) is 0 Å². The van der Waals surface area contributed by atoms with Gasteiger partial charge in [-0.25, -0.2) is 3.51 Å². The van der Waals surface area contributed by atoms with E-state index < -0.39 is 7.25 Å². The summed E-state index contributed by atoms with van der Waals surface area (Å²) in [5, 5.41) is 0. The van der Waals surface area contributed by atoms with Crippen LogP contribution in [0.25, 0.3) is 0 Å². The van der Waals surface area contributed by atoms with Gasteiger partial charge in [0.05, 0.1) is 6.54 Å². The molecule has 7 heteroatoms. The molecule has 1 atom stereocenters. The van der Waals surface area contributed by atoms with Gasteiger partial charge in [0.1, 0.15) is 12.7 Å². The summed E-state index contributed by atoms with van der Waals surface area (Å²) in [6.07, 6.45) is 8.47. The molecule has 0 saturated heterocycles. The van der Waals surface area contributed by atoms with Gasteiger partial charge in [-0.3, -0.25) is 0 Å². The summed E-state index contributed by atoms with van der Waals surface area (Å²) in [5.74, 6) is 0. The monoisotopic (exact) mass is 275 g/mol. The van der Waals surface area contributed by atoms with Crippen LogP contribution in [0.5, 0.6) is 0 Å². The van der Waals surface area contributed by atoms with Crippen LogP contribution in [0, 0.1) is 0 Å². The minimum Gasteiger partial charge on any atom is -0.418 e. The van der Waals surface area contributed by atoms with Gasteiger partial charge in [0, 0.05) is 0 Å². The summed E-state index contributed by atoms with van der Waals surface area (Å²) < 4.78 is 39.9. The van der Waals surface area contributed by atoms with Crippen molar-refractivity contribution >= 4 is 23.4 Å². The molecule has 0 aromatic carbocycles. The normalized spacial score (nSPS) is 25.6. The first-order valence-electron chi connectivity index (χ1n) is 4.05. The van der Waals surface area contributed by atoms with Crippen molar-refractivity contribution < 1.29 is 20.8 Å². The second-order valence-electron chi connectivity index (χ2n) is 2.69. The molecular formula is C7H11BBrF4N. The van der Waals surface area contributed by atoms with Gasteiger partial charge in [-0.15, -0.1) is 0 Å². The molecule has 0 N–H and O–H groups in total. The van der Waals surface area contributed by atoms with Crippen molar-refractivity contribution in [3.05, 3.63) is 24.4 Å². The van der Waals surface area contributed by atoms with Gasteiger partial charge in [-0.05, 0) is 19.1 Å². The van der Waals surface area contributed by atoms with Crippen molar-refractivity contribution in [2.45, 2.75) is 6.92 Å². The first-order valence-corrected chi connectivity index (χ1v) is 4.76. The summed E-state index contributed by atoms with van der Waals surface area (Å²) in [6.45, 7) is 4.33. The number of hydrogen-bond acceptors (Lipinski definition) is 0. The van der Waals surface area contributed by atoms with Crippen LogP contribution >= 0.6 is 16.1 Å². The van der Waals surface area contributed by atoms with Crippen LogP contribution in [0.15, 0.2) is 24.4 Å². The first-order chi connectivity index (χ1) is 6.27. The largest absolute Gasteiger partial charge is 0.673 e. The van der Waals surface area contributed by atoms with E-state index in [0.29, 0.717) is 0 Å². The van der Waals surface area contributed by atoms with E-state index in [0.717, 1.165) is 16.6 Å². The maximum Gasteiger partial charge on any atom is 0.673 e. The molecule has 82 valence electrons. The molecule has 0 saturated carbocycles. The van der Waals surface area contributed by atoms with Crippen molar-refractivity contribution in [3.8, 4) is 0 Å². The van der Waals surface area contributed by atoms with Crippen LogP contribution < -0.4 is 0 Å². The second kappa shape index (κ2) is 5.55. The Bertz CT molecular complexity index is 222. The number of allylic oxidation sites excluding steroid dienone is 2. The molecule has 0 spiro atoms. The van der Waals surface area contributed by atoms with Crippen molar-refractivity contribution in [1.29, 1.82) is 0 Å². The van der Waals surface area contributed by atoms with Crippen LogP contribution in [0.4, 0.5) is 17.3 Å². The molecule has 14 heavy (non-hydrogen) atoms. The zero-order chi connectivity index (χ0) is 11.2. The summed E-state index contributed by atoms with van der Waals surface area (Å²) in [6, 6.07) is 0. The highest BCUT2D eigenvalue weighted by atomic mass is 79.9. The number of nitrogens with zero attached hydrogens (tertiary/aromatic N) is 1. The van der Waals surface area contributed by atoms with Gasteiger partial charge in [0.15, 0.2) is 0 Å². The quantitative estimate of drug-likeness (QED) is 0.390.